The molecule has 152 valence electrons. The quantitative estimate of drug-likeness (QED) is 0.766. The zero-order valence-electron chi connectivity index (χ0n) is 16.5. The van der Waals surface area contributed by atoms with E-state index in [2.05, 4.69) is 11.4 Å². The van der Waals surface area contributed by atoms with Gasteiger partial charge in [-0.2, -0.15) is 0 Å². The predicted octanol–water partition coefficient (Wildman–Crippen LogP) is 2.62. The van der Waals surface area contributed by atoms with Gasteiger partial charge in [0, 0.05) is 47.6 Å². The second-order valence-corrected chi connectivity index (χ2v) is 8.25. The maximum atomic E-state index is 12.7. The first-order chi connectivity index (χ1) is 14.1. The van der Waals surface area contributed by atoms with Gasteiger partial charge in [-0.3, -0.25) is 9.59 Å². The summed E-state index contributed by atoms with van der Waals surface area (Å²) < 4.78 is 0. The molecule has 0 bridgehead atoms. The molecule has 5 nitrogen and oxygen atoms in total. The van der Waals surface area contributed by atoms with E-state index < -0.39 is 0 Å². The summed E-state index contributed by atoms with van der Waals surface area (Å²) in [5.41, 5.74) is 2.56. The van der Waals surface area contributed by atoms with Crippen LogP contribution in [0.4, 0.5) is 5.69 Å². The minimum atomic E-state index is -0.0973. The molecular weight excluding hydrogens is 386 g/mol. The standard InChI is InChI=1S/C23H26ClN3O2/c24-20-7-2-1-6-19(20)21(26-13-3-4-14-26)16-25-23(29)17-9-11-18(12-10-17)27-15-5-8-22(27)28/h1-2,6-7,9-12,21H,3-5,8,13-16H2,(H,25,29)/p+1/t21-/m1/s1. The van der Waals surface area contributed by atoms with Crippen LogP contribution in [0.3, 0.4) is 0 Å². The molecule has 2 N–H and O–H groups in total. The minimum absolute atomic E-state index is 0.0973. The van der Waals surface area contributed by atoms with Crippen LogP contribution in [0.1, 0.15) is 47.6 Å². The zero-order valence-corrected chi connectivity index (χ0v) is 17.3. The highest BCUT2D eigenvalue weighted by atomic mass is 35.5. The molecule has 2 heterocycles. The first kappa shape index (κ1) is 19.9. The van der Waals surface area contributed by atoms with Crippen LogP contribution in [0.5, 0.6) is 0 Å². The van der Waals surface area contributed by atoms with E-state index in [1.165, 1.54) is 17.7 Å². The van der Waals surface area contributed by atoms with Crippen molar-refractivity contribution in [2.75, 3.05) is 31.1 Å². The van der Waals surface area contributed by atoms with Gasteiger partial charge in [0.25, 0.3) is 5.91 Å². The predicted molar refractivity (Wildman–Crippen MR) is 114 cm³/mol. The van der Waals surface area contributed by atoms with E-state index >= 15 is 0 Å². The van der Waals surface area contributed by atoms with Gasteiger partial charge < -0.3 is 15.1 Å². The fourth-order valence-electron chi connectivity index (χ4n) is 4.42. The average Bonchev–Trinajstić information content (AvgIpc) is 3.41. The minimum Gasteiger partial charge on any atom is -0.346 e. The summed E-state index contributed by atoms with van der Waals surface area (Å²) in [5.74, 6) is 0.0540. The number of benzene rings is 2. The summed E-state index contributed by atoms with van der Waals surface area (Å²) in [6.07, 6.45) is 3.91. The van der Waals surface area contributed by atoms with Gasteiger partial charge in [0.2, 0.25) is 5.91 Å². The molecule has 0 aliphatic carbocycles. The van der Waals surface area contributed by atoms with Gasteiger partial charge in [-0.15, -0.1) is 0 Å². The van der Waals surface area contributed by atoms with Crippen molar-refractivity contribution in [3.05, 3.63) is 64.7 Å². The molecule has 2 amide bonds. The van der Waals surface area contributed by atoms with Gasteiger partial charge in [0.05, 0.1) is 19.6 Å². The van der Waals surface area contributed by atoms with E-state index in [-0.39, 0.29) is 17.9 Å². The fraction of sp³-hybridized carbons (Fsp3) is 0.391. The molecule has 1 atom stereocenters. The third-order valence-corrected chi connectivity index (χ3v) is 6.34. The zero-order chi connectivity index (χ0) is 20.2. The number of rotatable bonds is 6. The van der Waals surface area contributed by atoms with Crippen molar-refractivity contribution >= 4 is 29.1 Å². The third kappa shape index (κ3) is 4.46. The molecule has 2 aliphatic rings. The lowest BCUT2D eigenvalue weighted by molar-refractivity contribution is -0.918. The lowest BCUT2D eigenvalue weighted by atomic mass is 10.0. The second kappa shape index (κ2) is 8.97. The average molecular weight is 413 g/mol. The van der Waals surface area contributed by atoms with Gasteiger partial charge in [-0.25, -0.2) is 0 Å². The van der Waals surface area contributed by atoms with Gasteiger partial charge in [0.15, 0.2) is 0 Å². The summed E-state index contributed by atoms with van der Waals surface area (Å²) in [6.45, 7) is 3.50. The molecule has 2 aromatic rings. The number of carbonyl (C=O) groups is 2. The maximum Gasteiger partial charge on any atom is 0.251 e. The van der Waals surface area contributed by atoms with E-state index in [0.29, 0.717) is 18.5 Å². The Bertz CT molecular complexity index is 878. The fourth-order valence-corrected chi connectivity index (χ4v) is 4.69. The molecule has 2 aliphatic heterocycles. The topological polar surface area (TPSA) is 53.9 Å². The van der Waals surface area contributed by atoms with Gasteiger partial charge in [-0.05, 0) is 36.8 Å². The van der Waals surface area contributed by atoms with Gasteiger partial charge in [-0.1, -0.05) is 29.8 Å². The Kier molecular flexibility index (Phi) is 6.16. The lowest BCUT2D eigenvalue weighted by Gasteiger charge is -2.26. The summed E-state index contributed by atoms with van der Waals surface area (Å²) in [7, 11) is 0. The van der Waals surface area contributed by atoms with Crippen molar-refractivity contribution in [1.82, 2.24) is 5.32 Å². The summed E-state index contributed by atoms with van der Waals surface area (Å²) in [5, 5.41) is 3.86. The van der Waals surface area contributed by atoms with Crippen molar-refractivity contribution in [3.8, 4) is 0 Å². The largest absolute Gasteiger partial charge is 0.346 e. The third-order valence-electron chi connectivity index (χ3n) is 6.00. The number of hydrogen-bond acceptors (Lipinski definition) is 2. The van der Waals surface area contributed by atoms with E-state index in [1.807, 2.05) is 30.3 Å². The lowest BCUT2D eigenvalue weighted by Crippen LogP contribution is -3.11. The molecule has 29 heavy (non-hydrogen) atoms. The first-order valence-corrected chi connectivity index (χ1v) is 10.8. The second-order valence-electron chi connectivity index (χ2n) is 7.85. The molecular formula is C23H27ClN3O2+. The Labute approximate surface area is 176 Å². The van der Waals surface area contributed by atoms with Crippen molar-refractivity contribution in [3.63, 3.8) is 0 Å². The van der Waals surface area contributed by atoms with Crippen LogP contribution in [-0.2, 0) is 4.79 Å². The van der Waals surface area contributed by atoms with E-state index in [0.717, 1.165) is 42.3 Å². The van der Waals surface area contributed by atoms with Crippen LogP contribution in [-0.4, -0.2) is 38.0 Å². The molecule has 2 saturated heterocycles. The van der Waals surface area contributed by atoms with E-state index in [4.69, 9.17) is 11.6 Å². The highest BCUT2D eigenvalue weighted by Gasteiger charge is 2.29. The van der Waals surface area contributed by atoms with Crippen LogP contribution in [0, 0.1) is 0 Å². The Balaban J connectivity index is 1.44. The van der Waals surface area contributed by atoms with Crippen molar-refractivity contribution < 1.29 is 14.5 Å². The number of amides is 2. The molecule has 6 heteroatoms. The van der Waals surface area contributed by atoms with E-state index in [1.54, 1.807) is 17.0 Å². The monoisotopic (exact) mass is 412 g/mol. The highest BCUT2D eigenvalue weighted by Crippen LogP contribution is 2.23. The SMILES string of the molecule is O=C(NC[C@H](c1ccccc1Cl)[NH+]1CCCC1)c1ccc(N2CCCC2=O)cc1. The number of likely N-dealkylation sites (tertiary alicyclic amines) is 1. The normalized spacial score (nSPS) is 18.2. The Hall–Kier alpha value is -2.37. The molecule has 4 rings (SSSR count). The van der Waals surface area contributed by atoms with Gasteiger partial charge in [0.1, 0.15) is 6.04 Å². The Morgan fingerprint density at radius 2 is 1.79 bits per heavy atom. The van der Waals surface area contributed by atoms with Crippen LogP contribution in [0.25, 0.3) is 0 Å². The number of halogens is 1. The molecule has 0 radical (unpaired) electrons. The Morgan fingerprint density at radius 1 is 1.07 bits per heavy atom. The molecule has 2 aromatic carbocycles. The smallest absolute Gasteiger partial charge is 0.251 e. The summed E-state index contributed by atoms with van der Waals surface area (Å²) in [6, 6.07) is 15.4. The number of anilines is 1. The van der Waals surface area contributed by atoms with Crippen LogP contribution < -0.4 is 15.1 Å². The molecule has 0 saturated carbocycles. The summed E-state index contributed by atoms with van der Waals surface area (Å²) in [4.78, 5) is 27.9. The first-order valence-electron chi connectivity index (χ1n) is 10.4. The van der Waals surface area contributed by atoms with Crippen LogP contribution in [0.15, 0.2) is 48.5 Å². The van der Waals surface area contributed by atoms with Gasteiger partial charge >= 0.3 is 0 Å². The highest BCUT2D eigenvalue weighted by molar-refractivity contribution is 6.31. The Morgan fingerprint density at radius 3 is 2.45 bits per heavy atom. The number of quaternary nitrogens is 1. The maximum absolute atomic E-state index is 12.7. The number of hydrogen-bond donors (Lipinski definition) is 2. The van der Waals surface area contributed by atoms with E-state index in [9.17, 15) is 9.59 Å². The van der Waals surface area contributed by atoms with Crippen LogP contribution in [0.2, 0.25) is 5.02 Å². The number of nitrogens with zero attached hydrogens (tertiary/aromatic N) is 1. The number of carbonyl (C=O) groups excluding carboxylic acids is 2. The van der Waals surface area contributed by atoms with Crippen molar-refractivity contribution in [1.29, 1.82) is 0 Å². The number of nitrogens with one attached hydrogen (secondary N) is 2. The van der Waals surface area contributed by atoms with Crippen molar-refractivity contribution in [2.45, 2.75) is 31.7 Å². The molecule has 0 unspecified atom stereocenters. The molecule has 0 aromatic heterocycles. The summed E-state index contributed by atoms with van der Waals surface area (Å²) >= 11 is 6.46. The van der Waals surface area contributed by atoms with Crippen LogP contribution >= 0.6 is 11.6 Å². The van der Waals surface area contributed by atoms with Crippen molar-refractivity contribution in [2.24, 2.45) is 0 Å². The molecule has 0 spiro atoms. The molecule has 2 fully saturated rings.